The highest BCUT2D eigenvalue weighted by Gasteiger charge is 1.95. The van der Waals surface area contributed by atoms with E-state index in [1.807, 2.05) is 0 Å². The first-order chi connectivity index (χ1) is 4.31. The summed E-state index contributed by atoms with van der Waals surface area (Å²) in [7, 11) is 0. The standard InChI is InChI=1S/C6H14N2O/c1-2-3-4-6(7)8-5-9/h5-6H,2-4,7H2,1H3,(H,8,9). The Morgan fingerprint density at radius 3 is 2.89 bits per heavy atom. The molecule has 0 aromatic rings. The van der Waals surface area contributed by atoms with Crippen molar-refractivity contribution in [2.24, 2.45) is 5.73 Å². The summed E-state index contributed by atoms with van der Waals surface area (Å²) in [6, 6.07) is 0. The Morgan fingerprint density at radius 1 is 1.78 bits per heavy atom. The summed E-state index contributed by atoms with van der Waals surface area (Å²) < 4.78 is 0. The molecule has 0 aromatic carbocycles. The van der Waals surface area contributed by atoms with Crippen LogP contribution in [-0.4, -0.2) is 12.6 Å². The van der Waals surface area contributed by atoms with Gasteiger partial charge in [-0.25, -0.2) is 0 Å². The molecule has 0 aliphatic carbocycles. The van der Waals surface area contributed by atoms with Crippen molar-refractivity contribution in [1.29, 1.82) is 0 Å². The monoisotopic (exact) mass is 130 g/mol. The van der Waals surface area contributed by atoms with Crippen LogP contribution in [0.25, 0.3) is 0 Å². The lowest BCUT2D eigenvalue weighted by atomic mass is 10.2. The van der Waals surface area contributed by atoms with Gasteiger partial charge in [-0.3, -0.25) is 4.79 Å². The van der Waals surface area contributed by atoms with Crippen LogP contribution in [0.4, 0.5) is 0 Å². The second kappa shape index (κ2) is 5.56. The lowest BCUT2D eigenvalue weighted by Crippen LogP contribution is -2.35. The molecule has 0 heterocycles. The minimum absolute atomic E-state index is 0.151. The highest BCUT2D eigenvalue weighted by atomic mass is 16.1. The Bertz CT molecular complexity index is 75.5. The summed E-state index contributed by atoms with van der Waals surface area (Å²) in [4.78, 5) is 9.79. The molecule has 9 heavy (non-hydrogen) atoms. The zero-order chi connectivity index (χ0) is 7.11. The number of carbonyl (C=O) groups excluding carboxylic acids is 1. The van der Waals surface area contributed by atoms with Gasteiger partial charge in [-0.2, -0.15) is 0 Å². The average molecular weight is 130 g/mol. The molecule has 0 spiro atoms. The third-order valence-electron chi connectivity index (χ3n) is 1.15. The van der Waals surface area contributed by atoms with Gasteiger partial charge in [0, 0.05) is 0 Å². The average Bonchev–Trinajstić information content (AvgIpc) is 1.85. The normalized spacial score (nSPS) is 12.7. The minimum atomic E-state index is -0.151. The van der Waals surface area contributed by atoms with Crippen molar-refractivity contribution < 1.29 is 4.79 Å². The van der Waals surface area contributed by atoms with E-state index in [4.69, 9.17) is 5.73 Å². The number of hydrogen-bond donors (Lipinski definition) is 2. The van der Waals surface area contributed by atoms with E-state index >= 15 is 0 Å². The van der Waals surface area contributed by atoms with Crippen molar-refractivity contribution in [2.75, 3.05) is 0 Å². The van der Waals surface area contributed by atoms with Gasteiger partial charge in [-0.1, -0.05) is 19.8 Å². The van der Waals surface area contributed by atoms with Crippen LogP contribution in [-0.2, 0) is 4.79 Å². The molecule has 0 fully saturated rings. The van der Waals surface area contributed by atoms with Crippen LogP contribution in [0.3, 0.4) is 0 Å². The van der Waals surface area contributed by atoms with Crippen LogP contribution < -0.4 is 11.1 Å². The summed E-state index contributed by atoms with van der Waals surface area (Å²) in [5.41, 5.74) is 5.43. The van der Waals surface area contributed by atoms with Gasteiger partial charge in [0.05, 0.1) is 6.17 Å². The summed E-state index contributed by atoms with van der Waals surface area (Å²) in [5.74, 6) is 0. The predicted molar refractivity (Wildman–Crippen MR) is 36.7 cm³/mol. The number of nitrogens with one attached hydrogen (secondary N) is 1. The van der Waals surface area contributed by atoms with Gasteiger partial charge in [-0.15, -0.1) is 0 Å². The van der Waals surface area contributed by atoms with Crippen LogP contribution in [0.2, 0.25) is 0 Å². The van der Waals surface area contributed by atoms with E-state index in [1.165, 1.54) is 0 Å². The Labute approximate surface area is 55.6 Å². The molecule has 1 atom stereocenters. The number of carbonyl (C=O) groups is 1. The first-order valence-electron chi connectivity index (χ1n) is 3.26. The Morgan fingerprint density at radius 2 is 2.44 bits per heavy atom. The van der Waals surface area contributed by atoms with Gasteiger partial charge in [0.2, 0.25) is 6.41 Å². The molecule has 0 bridgehead atoms. The number of hydrogen-bond acceptors (Lipinski definition) is 2. The first kappa shape index (κ1) is 8.43. The third kappa shape index (κ3) is 5.30. The zero-order valence-electron chi connectivity index (χ0n) is 5.76. The first-order valence-corrected chi connectivity index (χ1v) is 3.26. The molecular formula is C6H14N2O. The maximum atomic E-state index is 9.79. The molecule has 0 rings (SSSR count). The number of rotatable bonds is 5. The van der Waals surface area contributed by atoms with Crippen LogP contribution in [0, 0.1) is 0 Å². The van der Waals surface area contributed by atoms with Crippen LogP contribution in [0.15, 0.2) is 0 Å². The van der Waals surface area contributed by atoms with Gasteiger partial charge in [-0.05, 0) is 6.42 Å². The Balaban J connectivity index is 3.04. The molecule has 54 valence electrons. The molecule has 0 aliphatic rings. The molecule has 0 aliphatic heterocycles. The van der Waals surface area contributed by atoms with Crippen LogP contribution in [0.1, 0.15) is 26.2 Å². The molecule has 0 radical (unpaired) electrons. The van der Waals surface area contributed by atoms with Gasteiger partial charge in [0.1, 0.15) is 0 Å². The van der Waals surface area contributed by atoms with Gasteiger partial charge in [0.25, 0.3) is 0 Å². The summed E-state index contributed by atoms with van der Waals surface area (Å²) in [6.07, 6.45) is 3.55. The quantitative estimate of drug-likeness (QED) is 0.413. The van der Waals surface area contributed by atoms with Crippen molar-refractivity contribution in [1.82, 2.24) is 5.32 Å². The van der Waals surface area contributed by atoms with Gasteiger partial charge >= 0.3 is 0 Å². The van der Waals surface area contributed by atoms with E-state index in [-0.39, 0.29) is 6.17 Å². The topological polar surface area (TPSA) is 55.1 Å². The molecule has 3 nitrogen and oxygen atoms in total. The highest BCUT2D eigenvalue weighted by Crippen LogP contribution is 1.93. The van der Waals surface area contributed by atoms with Gasteiger partial charge in [0.15, 0.2) is 0 Å². The molecule has 1 unspecified atom stereocenters. The van der Waals surface area contributed by atoms with Crippen LogP contribution in [0.5, 0.6) is 0 Å². The zero-order valence-corrected chi connectivity index (χ0v) is 5.76. The minimum Gasteiger partial charge on any atom is -0.344 e. The maximum Gasteiger partial charge on any atom is 0.208 e. The van der Waals surface area contributed by atoms with Crippen molar-refractivity contribution in [3.8, 4) is 0 Å². The van der Waals surface area contributed by atoms with E-state index in [0.717, 1.165) is 19.3 Å². The summed E-state index contributed by atoms with van der Waals surface area (Å²) in [6.45, 7) is 2.09. The van der Waals surface area contributed by atoms with Crippen molar-refractivity contribution in [2.45, 2.75) is 32.4 Å². The molecule has 0 saturated heterocycles. The molecule has 0 aromatic heterocycles. The Hall–Kier alpha value is -0.570. The second-order valence-corrected chi connectivity index (χ2v) is 2.03. The fraction of sp³-hybridized carbons (Fsp3) is 0.833. The van der Waals surface area contributed by atoms with E-state index in [0.29, 0.717) is 6.41 Å². The van der Waals surface area contributed by atoms with E-state index in [9.17, 15) is 4.79 Å². The maximum absolute atomic E-state index is 9.79. The Kier molecular flexibility index (Phi) is 5.21. The summed E-state index contributed by atoms with van der Waals surface area (Å²) >= 11 is 0. The lowest BCUT2D eigenvalue weighted by molar-refractivity contribution is -0.110. The fourth-order valence-corrected chi connectivity index (χ4v) is 0.595. The number of unbranched alkanes of at least 4 members (excludes halogenated alkanes) is 1. The summed E-state index contributed by atoms with van der Waals surface area (Å²) in [5, 5.41) is 2.48. The van der Waals surface area contributed by atoms with Crippen molar-refractivity contribution in [3.05, 3.63) is 0 Å². The van der Waals surface area contributed by atoms with Crippen LogP contribution >= 0.6 is 0 Å². The largest absolute Gasteiger partial charge is 0.344 e. The molecule has 3 heteroatoms. The third-order valence-corrected chi connectivity index (χ3v) is 1.15. The van der Waals surface area contributed by atoms with E-state index in [1.54, 1.807) is 0 Å². The molecule has 3 N–H and O–H groups in total. The highest BCUT2D eigenvalue weighted by molar-refractivity contribution is 5.46. The molecule has 0 saturated carbocycles. The SMILES string of the molecule is CCCCC(N)NC=O. The molecular weight excluding hydrogens is 116 g/mol. The number of amides is 1. The number of nitrogens with two attached hydrogens (primary N) is 1. The lowest BCUT2D eigenvalue weighted by Gasteiger charge is -2.07. The predicted octanol–water partition coefficient (Wildman–Crippen LogP) is 0.207. The van der Waals surface area contributed by atoms with E-state index < -0.39 is 0 Å². The smallest absolute Gasteiger partial charge is 0.208 e. The molecule has 1 amide bonds. The van der Waals surface area contributed by atoms with Crippen molar-refractivity contribution in [3.63, 3.8) is 0 Å². The van der Waals surface area contributed by atoms with E-state index in [2.05, 4.69) is 12.2 Å². The fourth-order valence-electron chi connectivity index (χ4n) is 0.595. The van der Waals surface area contributed by atoms with Gasteiger partial charge < -0.3 is 11.1 Å². The second-order valence-electron chi connectivity index (χ2n) is 2.03. The van der Waals surface area contributed by atoms with Crippen molar-refractivity contribution >= 4 is 6.41 Å².